The van der Waals surface area contributed by atoms with Crippen LogP contribution in [0.3, 0.4) is 0 Å². The van der Waals surface area contributed by atoms with Crippen LogP contribution in [0, 0.1) is 0 Å². The Hall–Kier alpha value is -1.10. The van der Waals surface area contributed by atoms with Crippen molar-refractivity contribution in [3.63, 3.8) is 0 Å². The lowest BCUT2D eigenvalue weighted by atomic mass is 10.2. The van der Waals surface area contributed by atoms with Gasteiger partial charge in [0.2, 0.25) is 0 Å². The van der Waals surface area contributed by atoms with Crippen molar-refractivity contribution in [3.05, 3.63) is 0 Å². The van der Waals surface area contributed by atoms with Crippen molar-refractivity contribution in [3.8, 4) is 0 Å². The van der Waals surface area contributed by atoms with E-state index in [9.17, 15) is 9.59 Å². The standard InChI is InChI=1S/C10H17NO4/c1-3-11(4-2)9(12)7-5-6-8(15-7)10(13)14/h7-8H,3-6H2,1-2H3,(H,13,14). The molecule has 1 fully saturated rings. The maximum absolute atomic E-state index is 11.8. The number of carbonyl (C=O) groups is 2. The van der Waals surface area contributed by atoms with Gasteiger partial charge in [-0.2, -0.15) is 0 Å². The summed E-state index contributed by atoms with van der Waals surface area (Å²) in [6.45, 7) is 5.05. The summed E-state index contributed by atoms with van der Waals surface area (Å²) in [7, 11) is 0. The molecule has 5 heteroatoms. The van der Waals surface area contributed by atoms with E-state index in [2.05, 4.69) is 0 Å². The van der Waals surface area contributed by atoms with Crippen molar-refractivity contribution in [2.45, 2.75) is 38.9 Å². The number of ether oxygens (including phenoxy) is 1. The van der Waals surface area contributed by atoms with Crippen molar-refractivity contribution in [1.82, 2.24) is 4.90 Å². The Bertz CT molecular complexity index is 250. The minimum Gasteiger partial charge on any atom is -0.479 e. The molecular formula is C10H17NO4. The Balaban J connectivity index is 2.53. The molecule has 1 saturated heterocycles. The summed E-state index contributed by atoms with van der Waals surface area (Å²) in [5.41, 5.74) is 0. The average molecular weight is 215 g/mol. The van der Waals surface area contributed by atoms with E-state index in [-0.39, 0.29) is 5.91 Å². The van der Waals surface area contributed by atoms with Crippen LogP contribution in [0.25, 0.3) is 0 Å². The quantitative estimate of drug-likeness (QED) is 0.741. The molecule has 1 amide bonds. The molecule has 1 N–H and O–H groups in total. The molecule has 1 aliphatic rings. The molecule has 15 heavy (non-hydrogen) atoms. The second kappa shape index (κ2) is 5.11. The van der Waals surface area contributed by atoms with Gasteiger partial charge in [0, 0.05) is 13.1 Å². The summed E-state index contributed by atoms with van der Waals surface area (Å²) < 4.78 is 5.18. The molecule has 0 aromatic rings. The van der Waals surface area contributed by atoms with Crippen LogP contribution in [0.15, 0.2) is 0 Å². The van der Waals surface area contributed by atoms with Crippen LogP contribution in [0.1, 0.15) is 26.7 Å². The van der Waals surface area contributed by atoms with Gasteiger partial charge in [0.15, 0.2) is 6.10 Å². The first kappa shape index (κ1) is 12.0. The molecule has 1 rings (SSSR count). The second-order valence-corrected chi connectivity index (χ2v) is 3.54. The largest absolute Gasteiger partial charge is 0.479 e. The Morgan fingerprint density at radius 2 is 1.80 bits per heavy atom. The number of aliphatic carboxylic acids is 1. The van der Waals surface area contributed by atoms with Gasteiger partial charge in [-0.3, -0.25) is 4.79 Å². The summed E-state index contributed by atoms with van der Waals surface area (Å²) in [5, 5.41) is 8.72. The van der Waals surface area contributed by atoms with Gasteiger partial charge < -0.3 is 14.7 Å². The van der Waals surface area contributed by atoms with Crippen LogP contribution < -0.4 is 0 Å². The maximum atomic E-state index is 11.8. The highest BCUT2D eigenvalue weighted by Gasteiger charge is 2.36. The molecule has 2 unspecified atom stereocenters. The minimum atomic E-state index is -0.982. The van der Waals surface area contributed by atoms with Crippen LogP contribution in [0.5, 0.6) is 0 Å². The highest BCUT2D eigenvalue weighted by atomic mass is 16.5. The number of nitrogens with zero attached hydrogens (tertiary/aromatic N) is 1. The first-order valence-electron chi connectivity index (χ1n) is 5.27. The third-order valence-corrected chi connectivity index (χ3v) is 2.65. The molecule has 0 aromatic carbocycles. The molecule has 0 saturated carbocycles. The molecule has 0 radical (unpaired) electrons. The van der Waals surface area contributed by atoms with Crippen LogP contribution in [-0.2, 0) is 14.3 Å². The summed E-state index contributed by atoms with van der Waals surface area (Å²) in [6.07, 6.45) is -0.445. The van der Waals surface area contributed by atoms with Crippen molar-refractivity contribution in [1.29, 1.82) is 0 Å². The number of carbonyl (C=O) groups excluding carboxylic acids is 1. The fraction of sp³-hybridized carbons (Fsp3) is 0.800. The molecular weight excluding hydrogens is 198 g/mol. The fourth-order valence-corrected chi connectivity index (χ4v) is 1.74. The number of amides is 1. The Morgan fingerprint density at radius 1 is 1.27 bits per heavy atom. The van der Waals surface area contributed by atoms with E-state index in [4.69, 9.17) is 9.84 Å². The minimum absolute atomic E-state index is 0.0937. The zero-order chi connectivity index (χ0) is 11.4. The predicted octanol–water partition coefficient (Wildman–Crippen LogP) is 0.487. The number of carboxylic acids is 1. The molecule has 1 aliphatic heterocycles. The summed E-state index contributed by atoms with van der Waals surface area (Å²) in [5.74, 6) is -1.08. The van der Waals surface area contributed by atoms with E-state index in [0.29, 0.717) is 25.9 Å². The van der Waals surface area contributed by atoms with Gasteiger partial charge >= 0.3 is 5.97 Å². The van der Waals surface area contributed by atoms with Crippen LogP contribution in [0.4, 0.5) is 0 Å². The number of hydrogen-bond donors (Lipinski definition) is 1. The summed E-state index contributed by atoms with van der Waals surface area (Å²) in [4.78, 5) is 24.1. The fourth-order valence-electron chi connectivity index (χ4n) is 1.74. The normalized spacial score (nSPS) is 25.2. The zero-order valence-electron chi connectivity index (χ0n) is 9.10. The molecule has 86 valence electrons. The lowest BCUT2D eigenvalue weighted by molar-refractivity contribution is -0.154. The second-order valence-electron chi connectivity index (χ2n) is 3.54. The number of hydrogen-bond acceptors (Lipinski definition) is 3. The summed E-state index contributed by atoms with van der Waals surface area (Å²) >= 11 is 0. The van der Waals surface area contributed by atoms with E-state index in [1.54, 1.807) is 4.90 Å². The Morgan fingerprint density at radius 3 is 2.20 bits per heavy atom. The van der Waals surface area contributed by atoms with Crippen LogP contribution in [-0.4, -0.2) is 47.2 Å². The number of carboxylic acid groups (broad SMARTS) is 1. The van der Waals surface area contributed by atoms with Gasteiger partial charge in [-0.1, -0.05) is 0 Å². The predicted molar refractivity (Wildman–Crippen MR) is 53.5 cm³/mol. The Kier molecular flexibility index (Phi) is 4.08. The van der Waals surface area contributed by atoms with Crippen LogP contribution in [0.2, 0.25) is 0 Å². The highest BCUT2D eigenvalue weighted by Crippen LogP contribution is 2.21. The van der Waals surface area contributed by atoms with Crippen molar-refractivity contribution >= 4 is 11.9 Å². The zero-order valence-corrected chi connectivity index (χ0v) is 9.10. The molecule has 0 spiro atoms. The number of likely N-dealkylation sites (N-methyl/N-ethyl adjacent to an activating group) is 1. The van der Waals surface area contributed by atoms with Crippen molar-refractivity contribution in [2.75, 3.05) is 13.1 Å². The van der Waals surface area contributed by atoms with Crippen molar-refractivity contribution < 1.29 is 19.4 Å². The van der Waals surface area contributed by atoms with E-state index in [1.807, 2.05) is 13.8 Å². The van der Waals surface area contributed by atoms with Gasteiger partial charge in [-0.25, -0.2) is 4.79 Å². The van der Waals surface area contributed by atoms with Crippen molar-refractivity contribution in [2.24, 2.45) is 0 Å². The van der Waals surface area contributed by atoms with Crippen LogP contribution >= 0.6 is 0 Å². The van der Waals surface area contributed by atoms with E-state index in [1.165, 1.54) is 0 Å². The SMILES string of the molecule is CCN(CC)C(=O)C1CCC(C(=O)O)O1. The summed E-state index contributed by atoms with van der Waals surface area (Å²) in [6, 6.07) is 0. The molecule has 0 aromatic heterocycles. The smallest absolute Gasteiger partial charge is 0.332 e. The first-order chi connectivity index (χ1) is 7.10. The van der Waals surface area contributed by atoms with E-state index in [0.717, 1.165) is 0 Å². The molecule has 2 atom stereocenters. The molecule has 1 heterocycles. The third-order valence-electron chi connectivity index (χ3n) is 2.65. The van der Waals surface area contributed by atoms with Gasteiger partial charge in [0.25, 0.3) is 5.91 Å². The van der Waals surface area contributed by atoms with Gasteiger partial charge in [-0.15, -0.1) is 0 Å². The average Bonchev–Trinajstić information content (AvgIpc) is 2.68. The van der Waals surface area contributed by atoms with E-state index >= 15 is 0 Å². The maximum Gasteiger partial charge on any atom is 0.332 e. The lowest BCUT2D eigenvalue weighted by Gasteiger charge is -2.22. The Labute approximate surface area is 89.0 Å². The topological polar surface area (TPSA) is 66.8 Å². The third kappa shape index (κ3) is 2.68. The monoisotopic (exact) mass is 215 g/mol. The van der Waals surface area contributed by atoms with Gasteiger partial charge in [-0.05, 0) is 26.7 Å². The molecule has 5 nitrogen and oxygen atoms in total. The van der Waals surface area contributed by atoms with Gasteiger partial charge in [0.05, 0.1) is 0 Å². The van der Waals surface area contributed by atoms with Gasteiger partial charge in [0.1, 0.15) is 6.10 Å². The first-order valence-corrected chi connectivity index (χ1v) is 5.27. The highest BCUT2D eigenvalue weighted by molar-refractivity contribution is 5.82. The number of rotatable bonds is 4. The lowest BCUT2D eigenvalue weighted by Crippen LogP contribution is -2.39. The van der Waals surface area contributed by atoms with E-state index < -0.39 is 18.2 Å². The molecule has 0 bridgehead atoms. The molecule has 0 aliphatic carbocycles.